The van der Waals surface area contributed by atoms with E-state index in [2.05, 4.69) is 4.98 Å². The first-order valence-corrected chi connectivity index (χ1v) is 9.50. The number of ether oxygens (including phenoxy) is 2. The van der Waals surface area contributed by atoms with Crippen LogP contribution in [0.15, 0.2) is 76.1 Å². The largest absolute Gasteiger partial charge is 0.462 e. The van der Waals surface area contributed by atoms with E-state index < -0.39 is 5.97 Å². The minimum absolute atomic E-state index is 0.0941. The Kier molecular flexibility index (Phi) is 5.30. The Balaban J connectivity index is 1.64. The zero-order chi connectivity index (χ0) is 21.1. The van der Waals surface area contributed by atoms with Crippen molar-refractivity contribution in [2.45, 2.75) is 13.8 Å². The normalized spacial score (nSPS) is 10.7. The molecule has 0 spiro atoms. The molecule has 0 aliphatic carbocycles. The number of nitrogens with zero attached hydrogens (tertiary/aromatic N) is 1. The van der Waals surface area contributed by atoms with Gasteiger partial charge in [-0.15, -0.1) is 0 Å². The third kappa shape index (κ3) is 3.80. The molecule has 0 amide bonds. The van der Waals surface area contributed by atoms with Gasteiger partial charge in [0.1, 0.15) is 17.1 Å². The Bertz CT molecular complexity index is 1260. The van der Waals surface area contributed by atoms with Crippen molar-refractivity contribution in [2.75, 3.05) is 6.61 Å². The van der Waals surface area contributed by atoms with E-state index in [4.69, 9.17) is 13.9 Å². The molecule has 30 heavy (non-hydrogen) atoms. The predicted molar refractivity (Wildman–Crippen MR) is 113 cm³/mol. The molecule has 6 nitrogen and oxygen atoms in total. The Labute approximate surface area is 172 Å². The van der Waals surface area contributed by atoms with E-state index in [0.29, 0.717) is 46.1 Å². The van der Waals surface area contributed by atoms with E-state index in [1.807, 2.05) is 30.3 Å². The summed E-state index contributed by atoms with van der Waals surface area (Å²) in [7, 11) is 0. The topological polar surface area (TPSA) is 78.6 Å². The molecule has 0 radical (unpaired) electrons. The van der Waals surface area contributed by atoms with Crippen LogP contribution in [0.1, 0.15) is 23.0 Å². The Morgan fingerprint density at radius 1 is 1.07 bits per heavy atom. The molecule has 6 heteroatoms. The van der Waals surface area contributed by atoms with Crippen molar-refractivity contribution in [3.63, 3.8) is 0 Å². The summed E-state index contributed by atoms with van der Waals surface area (Å²) < 4.78 is 16.6. The zero-order valence-electron chi connectivity index (χ0n) is 16.5. The lowest BCUT2D eigenvalue weighted by Gasteiger charge is -2.09. The van der Waals surface area contributed by atoms with Crippen LogP contribution in [0, 0.1) is 6.92 Å². The van der Waals surface area contributed by atoms with Crippen LogP contribution in [-0.2, 0) is 4.74 Å². The van der Waals surface area contributed by atoms with Crippen LogP contribution in [0.25, 0.3) is 22.1 Å². The molecule has 4 rings (SSSR count). The van der Waals surface area contributed by atoms with Gasteiger partial charge in [0.05, 0.1) is 23.1 Å². The lowest BCUT2D eigenvalue weighted by molar-refractivity contribution is 0.0526. The van der Waals surface area contributed by atoms with Crippen molar-refractivity contribution in [1.29, 1.82) is 0 Å². The van der Waals surface area contributed by atoms with Gasteiger partial charge in [0.15, 0.2) is 0 Å². The van der Waals surface area contributed by atoms with E-state index in [1.54, 1.807) is 44.2 Å². The summed E-state index contributed by atoms with van der Waals surface area (Å²) in [6, 6.07) is 17.6. The van der Waals surface area contributed by atoms with Crippen LogP contribution < -0.4 is 10.2 Å². The average Bonchev–Trinajstić information content (AvgIpc) is 2.75. The first kappa shape index (κ1) is 19.4. The number of benzene rings is 2. The molecule has 0 fully saturated rings. The van der Waals surface area contributed by atoms with Gasteiger partial charge in [-0.25, -0.2) is 9.78 Å². The highest BCUT2D eigenvalue weighted by Gasteiger charge is 2.14. The fraction of sp³-hybridized carbons (Fsp3) is 0.125. The SMILES string of the molecule is CCOC(=O)c1ccc(Oc2ccc3c(=O)c(-c4ccccc4)c(C)oc3c2)nc1. The van der Waals surface area contributed by atoms with Crippen LogP contribution in [0.4, 0.5) is 0 Å². The highest BCUT2D eigenvalue weighted by atomic mass is 16.5. The van der Waals surface area contributed by atoms with Gasteiger partial charge in [-0.1, -0.05) is 30.3 Å². The summed E-state index contributed by atoms with van der Waals surface area (Å²) in [5.74, 6) is 0.873. The third-order valence-electron chi connectivity index (χ3n) is 4.57. The zero-order valence-corrected chi connectivity index (χ0v) is 16.5. The standard InChI is InChI=1S/C24H19NO5/c1-3-28-24(27)17-9-12-21(25-14-17)30-18-10-11-19-20(13-18)29-15(2)22(23(19)26)16-7-5-4-6-8-16/h4-14H,3H2,1-2H3. The second-order valence-electron chi connectivity index (χ2n) is 6.59. The summed E-state index contributed by atoms with van der Waals surface area (Å²) in [6.45, 7) is 3.81. The second-order valence-corrected chi connectivity index (χ2v) is 6.59. The molecule has 0 saturated carbocycles. The van der Waals surface area contributed by atoms with Gasteiger partial charge in [0.25, 0.3) is 0 Å². The number of carbonyl (C=O) groups is 1. The molecule has 0 unspecified atom stereocenters. The molecule has 0 bridgehead atoms. The van der Waals surface area contributed by atoms with Crippen molar-refractivity contribution in [3.05, 3.63) is 88.4 Å². The van der Waals surface area contributed by atoms with E-state index in [1.165, 1.54) is 6.20 Å². The van der Waals surface area contributed by atoms with Gasteiger partial charge in [-0.3, -0.25) is 4.79 Å². The summed E-state index contributed by atoms with van der Waals surface area (Å²) in [5, 5.41) is 0.470. The number of hydrogen-bond donors (Lipinski definition) is 0. The van der Waals surface area contributed by atoms with Gasteiger partial charge in [-0.2, -0.15) is 0 Å². The highest BCUT2D eigenvalue weighted by Crippen LogP contribution is 2.28. The highest BCUT2D eigenvalue weighted by molar-refractivity contribution is 5.89. The van der Waals surface area contributed by atoms with Gasteiger partial charge in [0, 0.05) is 18.3 Å². The maximum absolute atomic E-state index is 13.0. The molecular formula is C24H19NO5. The first-order valence-electron chi connectivity index (χ1n) is 9.50. The monoisotopic (exact) mass is 401 g/mol. The quantitative estimate of drug-likeness (QED) is 0.431. The smallest absolute Gasteiger partial charge is 0.339 e. The molecule has 0 aliphatic rings. The average molecular weight is 401 g/mol. The number of aryl methyl sites for hydroxylation is 1. The number of pyridine rings is 1. The molecule has 2 aromatic heterocycles. The number of esters is 1. The van der Waals surface area contributed by atoms with Crippen molar-refractivity contribution in [1.82, 2.24) is 4.98 Å². The van der Waals surface area contributed by atoms with Crippen LogP contribution in [0.5, 0.6) is 11.6 Å². The number of aromatic nitrogens is 1. The molecule has 0 aliphatic heterocycles. The van der Waals surface area contributed by atoms with Gasteiger partial charge in [-0.05, 0) is 37.6 Å². The molecule has 150 valence electrons. The molecule has 2 aromatic carbocycles. The predicted octanol–water partition coefficient (Wildman–Crippen LogP) is 5.13. The summed E-state index contributed by atoms with van der Waals surface area (Å²) in [5.41, 5.74) is 2.05. The molecule has 0 atom stereocenters. The summed E-state index contributed by atoms with van der Waals surface area (Å²) >= 11 is 0. The van der Waals surface area contributed by atoms with E-state index >= 15 is 0 Å². The number of fused-ring (bicyclic) bond motifs is 1. The third-order valence-corrected chi connectivity index (χ3v) is 4.57. The molecule has 4 aromatic rings. The summed E-state index contributed by atoms with van der Waals surface area (Å²) in [4.78, 5) is 28.9. The van der Waals surface area contributed by atoms with Gasteiger partial charge in [0.2, 0.25) is 11.3 Å². The summed E-state index contributed by atoms with van der Waals surface area (Å²) in [6.07, 6.45) is 1.39. The number of hydrogen-bond acceptors (Lipinski definition) is 6. The number of carbonyl (C=O) groups excluding carboxylic acids is 1. The lowest BCUT2D eigenvalue weighted by atomic mass is 10.0. The Hall–Kier alpha value is -3.93. The first-order chi connectivity index (χ1) is 14.6. The molecular weight excluding hydrogens is 382 g/mol. The van der Waals surface area contributed by atoms with Crippen molar-refractivity contribution in [3.8, 4) is 22.8 Å². The van der Waals surface area contributed by atoms with E-state index in [-0.39, 0.29) is 5.43 Å². The molecule has 2 heterocycles. The van der Waals surface area contributed by atoms with Crippen LogP contribution in [0.2, 0.25) is 0 Å². The fourth-order valence-corrected chi connectivity index (χ4v) is 3.18. The maximum Gasteiger partial charge on any atom is 0.339 e. The minimum atomic E-state index is -0.436. The van der Waals surface area contributed by atoms with Crippen LogP contribution in [0.3, 0.4) is 0 Å². The van der Waals surface area contributed by atoms with Gasteiger partial charge < -0.3 is 13.9 Å². The van der Waals surface area contributed by atoms with E-state index in [9.17, 15) is 9.59 Å². The second kappa shape index (κ2) is 8.21. The van der Waals surface area contributed by atoms with Crippen LogP contribution >= 0.6 is 0 Å². The maximum atomic E-state index is 13.0. The Morgan fingerprint density at radius 2 is 1.87 bits per heavy atom. The fourth-order valence-electron chi connectivity index (χ4n) is 3.18. The molecule has 0 N–H and O–H groups in total. The van der Waals surface area contributed by atoms with E-state index in [0.717, 1.165) is 5.56 Å². The van der Waals surface area contributed by atoms with Crippen molar-refractivity contribution < 1.29 is 18.7 Å². The number of rotatable bonds is 5. The van der Waals surface area contributed by atoms with Crippen molar-refractivity contribution >= 4 is 16.9 Å². The van der Waals surface area contributed by atoms with Gasteiger partial charge >= 0.3 is 5.97 Å². The Morgan fingerprint density at radius 3 is 2.57 bits per heavy atom. The van der Waals surface area contributed by atoms with Crippen molar-refractivity contribution in [2.24, 2.45) is 0 Å². The minimum Gasteiger partial charge on any atom is -0.462 e. The lowest BCUT2D eigenvalue weighted by Crippen LogP contribution is -2.07. The molecule has 0 saturated heterocycles. The van der Waals surface area contributed by atoms with Crippen LogP contribution in [-0.4, -0.2) is 17.6 Å².